The molecule has 0 saturated carbocycles. The minimum Gasteiger partial charge on any atom is -0.386 e. The van der Waals surface area contributed by atoms with Crippen molar-refractivity contribution in [2.45, 2.75) is 63.4 Å². The quantitative estimate of drug-likeness (QED) is 0.0459. The van der Waals surface area contributed by atoms with Gasteiger partial charge in [0.1, 0.15) is 36.3 Å². The van der Waals surface area contributed by atoms with E-state index in [0.717, 1.165) is 34.5 Å². The number of aliphatic hydroxyl groups excluding tert-OH is 2. The number of nitrogens with one attached hydrogen (secondary N) is 2. The van der Waals surface area contributed by atoms with E-state index in [4.69, 9.17) is 25.3 Å². The van der Waals surface area contributed by atoms with Gasteiger partial charge in [-0.3, -0.25) is 32.5 Å². The van der Waals surface area contributed by atoms with Gasteiger partial charge in [-0.25, -0.2) is 28.6 Å². The number of aromatic nitrogens is 4. The molecule has 3 heterocycles. The molecule has 1 aliphatic heterocycles. The minimum absolute atomic E-state index is 0.0271. The molecule has 29 heteroatoms. The number of carbonyl (C=O) groups excluding carboxylic acids is 3. The molecule has 4 rings (SSSR count). The average Bonchev–Trinajstić information content (AvgIpc) is 3.71. The van der Waals surface area contributed by atoms with Crippen molar-refractivity contribution in [1.82, 2.24) is 30.2 Å². The first-order chi connectivity index (χ1) is 27.5. The molecule has 8 atom stereocenters. The molecule has 12 N–H and O–H groups in total. The zero-order valence-electron chi connectivity index (χ0n) is 31.3. The van der Waals surface area contributed by atoms with E-state index in [1.54, 1.807) is 0 Å². The molecule has 0 bridgehead atoms. The van der Waals surface area contributed by atoms with Crippen LogP contribution in [0.3, 0.4) is 0 Å². The smallest absolute Gasteiger partial charge is 0.386 e. The summed E-state index contributed by atoms with van der Waals surface area (Å²) in [5, 5.41) is 26.3. The highest BCUT2D eigenvalue weighted by atomic mass is 32.2. The van der Waals surface area contributed by atoms with Crippen molar-refractivity contribution < 1.29 is 80.5 Å². The molecule has 3 aromatic rings. The first-order valence-corrected chi connectivity index (χ1v) is 22.8. The SMILES string of the molecule is CC(C)(COP(=O)(O)OP(=O)(O)OC[C@H]1O[C@@H](n2cnc3c(N)ncnc32)[C@H](O)[C@@H]1OP(=O)(O)O)[C@@H](O)C(=O)NCCC(=O)NCCSC(=O)CC(N)c1ccccc1. The van der Waals surface area contributed by atoms with Crippen LogP contribution in [0, 0.1) is 5.41 Å². The number of amides is 2. The van der Waals surface area contributed by atoms with Gasteiger partial charge in [-0.1, -0.05) is 55.9 Å². The molecule has 1 aromatic carbocycles. The second-order valence-electron chi connectivity index (χ2n) is 13.5. The van der Waals surface area contributed by atoms with Crippen molar-refractivity contribution in [3.05, 3.63) is 48.5 Å². The predicted octanol–water partition coefficient (Wildman–Crippen LogP) is -0.245. The summed E-state index contributed by atoms with van der Waals surface area (Å²) in [6.45, 7) is 0.400. The number of fused-ring (bicyclic) bond motifs is 1. The molecule has 3 unspecified atom stereocenters. The number of nitrogens with zero attached hydrogens (tertiary/aromatic N) is 4. The predicted molar refractivity (Wildman–Crippen MR) is 205 cm³/mol. The molecule has 0 spiro atoms. The second-order valence-corrected chi connectivity index (χ2v) is 18.9. The number of anilines is 1. The molecule has 0 aliphatic carbocycles. The van der Waals surface area contributed by atoms with E-state index in [9.17, 15) is 57.9 Å². The lowest BCUT2D eigenvalue weighted by molar-refractivity contribution is -0.137. The van der Waals surface area contributed by atoms with Crippen LogP contribution in [0.4, 0.5) is 5.82 Å². The third kappa shape index (κ3) is 14.4. The monoisotopic (exact) mass is 914 g/mol. The van der Waals surface area contributed by atoms with E-state index in [2.05, 4.69) is 34.4 Å². The number of rotatable bonds is 22. The Morgan fingerprint density at radius 1 is 1.02 bits per heavy atom. The first-order valence-electron chi connectivity index (χ1n) is 17.3. The van der Waals surface area contributed by atoms with Crippen molar-refractivity contribution in [3.8, 4) is 0 Å². The Labute approximate surface area is 340 Å². The standard InChI is InChI=1S/C30H45N8O17P3S/c1-30(2,25(42)28(43)34-9-8-20(39)33-10-11-59-21(40)12-18(31)17-6-4-3-5-7-17)14-52-58(49,50)55-57(47,48)51-13-19-24(54-56(44,45)46)23(41)29(53-19)38-16-37-22-26(32)35-15-36-27(22)38/h3-7,15-16,18-19,23-25,29,41-42H,8-14,31H2,1-2H3,(H,33,39)(H,34,43)(H,47,48)(H,49,50)(H2,32,35,36)(H2,44,45,46)/t18?,19-,23-,24-,25+,29-/m1/s1. The van der Waals surface area contributed by atoms with Crippen molar-refractivity contribution in [3.63, 3.8) is 0 Å². The Balaban J connectivity index is 1.20. The summed E-state index contributed by atoms with van der Waals surface area (Å²) in [7, 11) is -16.4. The molecular weight excluding hydrogens is 869 g/mol. The first kappa shape index (κ1) is 48.4. The number of hydrogen-bond acceptors (Lipinski definition) is 19. The number of hydrogen-bond donors (Lipinski definition) is 10. The Morgan fingerprint density at radius 3 is 2.37 bits per heavy atom. The van der Waals surface area contributed by atoms with Gasteiger partial charge < -0.3 is 56.6 Å². The minimum atomic E-state index is -5.58. The lowest BCUT2D eigenvalue weighted by Crippen LogP contribution is -2.46. The van der Waals surface area contributed by atoms with Crippen LogP contribution >= 0.6 is 35.2 Å². The van der Waals surface area contributed by atoms with Gasteiger partial charge in [-0.15, -0.1) is 0 Å². The summed E-state index contributed by atoms with van der Waals surface area (Å²) in [4.78, 5) is 88.0. The van der Waals surface area contributed by atoms with Gasteiger partial charge in [-0.05, 0) is 5.56 Å². The van der Waals surface area contributed by atoms with Crippen LogP contribution in [-0.4, -0.2) is 123 Å². The van der Waals surface area contributed by atoms with E-state index in [1.807, 2.05) is 30.3 Å². The zero-order valence-corrected chi connectivity index (χ0v) is 34.8. The number of phosphoric acid groups is 3. The van der Waals surface area contributed by atoms with Gasteiger partial charge in [0.05, 0.1) is 19.5 Å². The number of nitrogen functional groups attached to an aromatic ring is 1. The molecule has 1 fully saturated rings. The fourth-order valence-corrected chi connectivity index (χ4v) is 8.91. The number of carbonyl (C=O) groups is 3. The molecule has 0 radical (unpaired) electrons. The van der Waals surface area contributed by atoms with Gasteiger partial charge in [0.2, 0.25) is 11.8 Å². The maximum absolute atomic E-state index is 12.7. The van der Waals surface area contributed by atoms with Crippen LogP contribution in [0.2, 0.25) is 0 Å². The third-order valence-corrected chi connectivity index (χ3v) is 12.4. The molecule has 328 valence electrons. The van der Waals surface area contributed by atoms with E-state index in [0.29, 0.717) is 0 Å². The normalized spacial score (nSPS) is 21.6. The average molecular weight is 915 g/mol. The van der Waals surface area contributed by atoms with Crippen molar-refractivity contribution in [2.24, 2.45) is 11.1 Å². The van der Waals surface area contributed by atoms with Gasteiger partial charge >= 0.3 is 23.5 Å². The van der Waals surface area contributed by atoms with E-state index >= 15 is 0 Å². The summed E-state index contributed by atoms with van der Waals surface area (Å²) in [5.74, 6) is -1.21. The number of ether oxygens (including phenoxy) is 1. The van der Waals surface area contributed by atoms with Crippen LogP contribution in [0.25, 0.3) is 11.2 Å². The van der Waals surface area contributed by atoms with Crippen molar-refractivity contribution in [2.75, 3.05) is 37.8 Å². The summed E-state index contributed by atoms with van der Waals surface area (Å²) in [6, 6.07) is 8.67. The largest absolute Gasteiger partial charge is 0.481 e. The van der Waals surface area contributed by atoms with E-state index in [1.165, 1.54) is 13.8 Å². The van der Waals surface area contributed by atoms with Crippen LogP contribution in [0.5, 0.6) is 0 Å². The van der Waals surface area contributed by atoms with E-state index < -0.39 is 90.6 Å². The van der Waals surface area contributed by atoms with Crippen LogP contribution in [0.15, 0.2) is 43.0 Å². The number of benzene rings is 1. The Bertz CT molecular complexity index is 2080. The second kappa shape index (κ2) is 20.5. The molecule has 1 saturated heterocycles. The van der Waals surface area contributed by atoms with Gasteiger partial charge in [0.25, 0.3) is 0 Å². The van der Waals surface area contributed by atoms with Gasteiger partial charge in [-0.2, -0.15) is 4.31 Å². The molecule has 2 amide bonds. The molecule has 59 heavy (non-hydrogen) atoms. The third-order valence-electron chi connectivity index (χ3n) is 8.38. The number of aliphatic hydroxyl groups is 2. The number of phosphoric ester groups is 3. The zero-order chi connectivity index (χ0) is 43.8. The van der Waals surface area contributed by atoms with Gasteiger partial charge in [0.15, 0.2) is 22.8 Å². The van der Waals surface area contributed by atoms with Crippen LogP contribution < -0.4 is 22.1 Å². The Kier molecular flexibility index (Phi) is 16.8. The van der Waals surface area contributed by atoms with Crippen LogP contribution in [0.1, 0.15) is 44.5 Å². The van der Waals surface area contributed by atoms with Crippen molar-refractivity contribution in [1.29, 1.82) is 0 Å². The molecule has 25 nitrogen and oxygen atoms in total. The highest BCUT2D eigenvalue weighted by molar-refractivity contribution is 8.13. The van der Waals surface area contributed by atoms with E-state index in [-0.39, 0.29) is 53.8 Å². The Hall–Kier alpha value is -3.26. The maximum atomic E-state index is 12.7. The molecule has 2 aromatic heterocycles. The fraction of sp³-hybridized carbons (Fsp3) is 0.533. The lowest BCUT2D eigenvalue weighted by atomic mass is 9.87. The highest BCUT2D eigenvalue weighted by Crippen LogP contribution is 2.61. The highest BCUT2D eigenvalue weighted by Gasteiger charge is 2.50. The molecular formula is C30H45N8O17P3S. The summed E-state index contributed by atoms with van der Waals surface area (Å²) in [5.41, 5.74) is 11.1. The molecule has 1 aliphatic rings. The van der Waals surface area contributed by atoms with Crippen LogP contribution in [-0.2, 0) is 50.7 Å². The summed E-state index contributed by atoms with van der Waals surface area (Å²) in [6.07, 6.45) is -6.86. The van der Waals surface area contributed by atoms with Crippen molar-refractivity contribution >= 4 is 69.1 Å². The topological polar surface area (TPSA) is 390 Å². The fourth-order valence-electron chi connectivity index (χ4n) is 5.35. The maximum Gasteiger partial charge on any atom is 0.481 e. The lowest BCUT2D eigenvalue weighted by Gasteiger charge is -2.30. The summed E-state index contributed by atoms with van der Waals surface area (Å²) >= 11 is 1.01. The number of thioether (sulfide) groups is 1. The summed E-state index contributed by atoms with van der Waals surface area (Å²) < 4.78 is 62.2. The Morgan fingerprint density at radius 2 is 1.69 bits per heavy atom. The number of nitrogens with two attached hydrogens (primary N) is 2. The van der Waals surface area contributed by atoms with Gasteiger partial charge in [0, 0.05) is 43.1 Å². The number of imidazole rings is 1.